The van der Waals surface area contributed by atoms with Crippen molar-refractivity contribution in [1.29, 1.82) is 0 Å². The molecule has 0 atom stereocenters. The van der Waals surface area contributed by atoms with Gasteiger partial charge in [0.2, 0.25) is 0 Å². The molecule has 29 heavy (non-hydrogen) atoms. The molecule has 0 radical (unpaired) electrons. The SMILES string of the molecule is COC(=O)c1[nH]c(CNc2ncc[nH]2)c(-c2ccc(CO)c(CO)c2CO)c1Cl. The van der Waals surface area contributed by atoms with Crippen LogP contribution in [0.5, 0.6) is 0 Å². The number of esters is 1. The molecule has 3 aromatic rings. The summed E-state index contributed by atoms with van der Waals surface area (Å²) in [5.74, 6) is -0.115. The Morgan fingerprint density at radius 3 is 2.55 bits per heavy atom. The minimum absolute atomic E-state index is 0.0704. The zero-order valence-electron chi connectivity index (χ0n) is 15.6. The van der Waals surface area contributed by atoms with E-state index in [9.17, 15) is 20.1 Å². The average Bonchev–Trinajstić information content (AvgIpc) is 3.38. The highest BCUT2D eigenvalue weighted by Gasteiger charge is 2.25. The van der Waals surface area contributed by atoms with E-state index in [2.05, 4.69) is 20.3 Å². The Hall–Kier alpha value is -2.85. The summed E-state index contributed by atoms with van der Waals surface area (Å²) in [6.45, 7) is -0.810. The van der Waals surface area contributed by atoms with Crippen molar-refractivity contribution in [3.05, 3.63) is 57.6 Å². The van der Waals surface area contributed by atoms with Gasteiger partial charge in [-0.15, -0.1) is 0 Å². The van der Waals surface area contributed by atoms with Crippen molar-refractivity contribution >= 4 is 23.5 Å². The first-order valence-electron chi connectivity index (χ1n) is 8.74. The molecule has 9 nitrogen and oxygen atoms in total. The Bertz CT molecular complexity index is 1000. The Morgan fingerprint density at radius 1 is 1.21 bits per heavy atom. The van der Waals surface area contributed by atoms with Crippen molar-refractivity contribution in [2.45, 2.75) is 26.4 Å². The molecule has 0 aliphatic rings. The second-order valence-corrected chi connectivity index (χ2v) is 6.53. The van der Waals surface area contributed by atoms with E-state index in [-0.39, 0.29) is 37.1 Å². The number of aromatic nitrogens is 3. The number of ether oxygens (including phenoxy) is 1. The molecule has 0 aliphatic heterocycles. The number of nitrogens with zero attached hydrogens (tertiary/aromatic N) is 1. The van der Waals surface area contributed by atoms with Gasteiger partial charge in [-0.25, -0.2) is 9.78 Å². The molecule has 0 bridgehead atoms. The fourth-order valence-electron chi connectivity index (χ4n) is 3.22. The van der Waals surface area contributed by atoms with E-state index in [4.69, 9.17) is 16.3 Å². The number of aromatic amines is 2. The number of carbonyl (C=O) groups excluding carboxylic acids is 1. The van der Waals surface area contributed by atoms with Crippen LogP contribution in [-0.2, 0) is 31.1 Å². The van der Waals surface area contributed by atoms with E-state index in [0.717, 1.165) is 0 Å². The monoisotopic (exact) mass is 420 g/mol. The van der Waals surface area contributed by atoms with Gasteiger partial charge < -0.3 is 35.3 Å². The maximum atomic E-state index is 12.1. The largest absolute Gasteiger partial charge is 0.464 e. The third-order valence-corrected chi connectivity index (χ3v) is 5.00. The predicted octanol–water partition coefficient (Wildman–Crippen LogP) is 1.93. The summed E-state index contributed by atoms with van der Waals surface area (Å²) in [5, 5.41) is 32.5. The number of hydrogen-bond acceptors (Lipinski definition) is 7. The quantitative estimate of drug-likeness (QED) is 0.305. The Morgan fingerprint density at radius 2 is 1.97 bits per heavy atom. The molecule has 0 unspecified atom stereocenters. The van der Waals surface area contributed by atoms with E-state index < -0.39 is 5.97 Å². The van der Waals surface area contributed by atoms with Gasteiger partial charge in [0.05, 0.1) is 38.5 Å². The van der Waals surface area contributed by atoms with Crippen LogP contribution in [0.2, 0.25) is 5.02 Å². The van der Waals surface area contributed by atoms with Gasteiger partial charge >= 0.3 is 5.97 Å². The number of H-pyrrole nitrogens is 2. The number of rotatable bonds is 8. The number of carbonyl (C=O) groups is 1. The molecule has 10 heteroatoms. The molecule has 0 saturated heterocycles. The van der Waals surface area contributed by atoms with Crippen LogP contribution in [0, 0.1) is 0 Å². The first kappa shape index (κ1) is 20.9. The zero-order chi connectivity index (χ0) is 21.0. The highest BCUT2D eigenvalue weighted by Crippen LogP contribution is 2.39. The van der Waals surface area contributed by atoms with Crippen LogP contribution in [0.1, 0.15) is 32.9 Å². The molecule has 2 heterocycles. The third-order valence-electron chi connectivity index (χ3n) is 4.62. The number of anilines is 1. The van der Waals surface area contributed by atoms with Crippen LogP contribution in [-0.4, -0.2) is 43.4 Å². The average molecular weight is 421 g/mol. The molecule has 0 fully saturated rings. The molecule has 2 aromatic heterocycles. The fraction of sp³-hybridized carbons (Fsp3) is 0.263. The van der Waals surface area contributed by atoms with Crippen molar-refractivity contribution in [2.75, 3.05) is 12.4 Å². The second kappa shape index (κ2) is 9.10. The maximum absolute atomic E-state index is 12.1. The minimum Gasteiger partial charge on any atom is -0.464 e. The molecule has 0 amide bonds. The van der Waals surface area contributed by atoms with Crippen molar-refractivity contribution in [3.8, 4) is 11.1 Å². The smallest absolute Gasteiger partial charge is 0.356 e. The number of hydrogen-bond donors (Lipinski definition) is 6. The zero-order valence-corrected chi connectivity index (χ0v) is 16.4. The number of methoxy groups -OCH3 is 1. The van der Waals surface area contributed by atoms with E-state index in [1.54, 1.807) is 24.5 Å². The van der Waals surface area contributed by atoms with Gasteiger partial charge in [-0.05, 0) is 22.3 Å². The minimum atomic E-state index is -0.639. The van der Waals surface area contributed by atoms with Crippen molar-refractivity contribution in [2.24, 2.45) is 0 Å². The van der Waals surface area contributed by atoms with Gasteiger partial charge in [-0.3, -0.25) is 0 Å². The number of benzene rings is 1. The normalized spacial score (nSPS) is 10.9. The molecule has 6 N–H and O–H groups in total. The lowest BCUT2D eigenvalue weighted by molar-refractivity contribution is 0.0595. The fourth-order valence-corrected chi connectivity index (χ4v) is 3.56. The lowest BCUT2D eigenvalue weighted by atomic mass is 9.92. The summed E-state index contributed by atoms with van der Waals surface area (Å²) in [6, 6.07) is 3.33. The van der Waals surface area contributed by atoms with Crippen LogP contribution >= 0.6 is 11.6 Å². The Balaban J connectivity index is 2.16. The van der Waals surface area contributed by atoms with Crippen LogP contribution in [0.4, 0.5) is 5.95 Å². The number of imidazole rings is 1. The molecule has 154 valence electrons. The van der Waals surface area contributed by atoms with Gasteiger partial charge in [0.15, 0.2) is 5.95 Å². The highest BCUT2D eigenvalue weighted by molar-refractivity contribution is 6.36. The molecule has 0 aliphatic carbocycles. The molecule has 0 saturated carbocycles. The Labute approximate surface area is 171 Å². The van der Waals surface area contributed by atoms with Crippen LogP contribution in [0.25, 0.3) is 11.1 Å². The van der Waals surface area contributed by atoms with Gasteiger partial charge in [-0.1, -0.05) is 23.7 Å². The number of aliphatic hydroxyl groups is 3. The van der Waals surface area contributed by atoms with Crippen LogP contribution in [0.3, 0.4) is 0 Å². The summed E-state index contributed by atoms with van der Waals surface area (Å²) < 4.78 is 4.79. The van der Waals surface area contributed by atoms with Crippen LogP contribution in [0.15, 0.2) is 24.5 Å². The summed E-state index contributed by atoms with van der Waals surface area (Å²) in [6.07, 6.45) is 3.26. The van der Waals surface area contributed by atoms with E-state index >= 15 is 0 Å². The first-order valence-corrected chi connectivity index (χ1v) is 9.11. The van der Waals surface area contributed by atoms with Crippen LogP contribution < -0.4 is 5.32 Å². The van der Waals surface area contributed by atoms with Gasteiger partial charge in [-0.2, -0.15) is 0 Å². The predicted molar refractivity (Wildman–Crippen MR) is 106 cm³/mol. The van der Waals surface area contributed by atoms with E-state index in [0.29, 0.717) is 39.5 Å². The van der Waals surface area contributed by atoms with E-state index in [1.807, 2.05) is 0 Å². The standard InChI is InChI=1S/C19H21ClN4O5/c1-29-18(28)17-16(20)15(14(24-17)6-23-19-21-4-5-22-19)11-3-2-10(7-25)12(8-26)13(11)9-27/h2-5,24-27H,6-9H2,1H3,(H2,21,22,23). The van der Waals surface area contributed by atoms with Gasteiger partial charge in [0.25, 0.3) is 0 Å². The number of aliphatic hydroxyl groups excluding tert-OH is 3. The molecular weight excluding hydrogens is 400 g/mol. The van der Waals surface area contributed by atoms with Crippen molar-refractivity contribution in [1.82, 2.24) is 15.0 Å². The Kier molecular flexibility index (Phi) is 6.55. The summed E-state index contributed by atoms with van der Waals surface area (Å²) >= 11 is 6.52. The number of halogens is 1. The maximum Gasteiger partial charge on any atom is 0.356 e. The molecule has 1 aromatic carbocycles. The third kappa shape index (κ3) is 3.99. The van der Waals surface area contributed by atoms with E-state index in [1.165, 1.54) is 7.11 Å². The van der Waals surface area contributed by atoms with Crippen molar-refractivity contribution in [3.63, 3.8) is 0 Å². The summed E-state index contributed by atoms with van der Waals surface area (Å²) in [5.41, 5.74) is 2.96. The topological polar surface area (TPSA) is 143 Å². The molecule has 3 rings (SSSR count). The lowest BCUT2D eigenvalue weighted by Crippen LogP contribution is -2.06. The van der Waals surface area contributed by atoms with Crippen molar-refractivity contribution < 1.29 is 24.9 Å². The van der Waals surface area contributed by atoms with Gasteiger partial charge in [0.1, 0.15) is 5.69 Å². The molecule has 0 spiro atoms. The summed E-state index contributed by atoms with van der Waals surface area (Å²) in [4.78, 5) is 22.1. The highest BCUT2D eigenvalue weighted by atomic mass is 35.5. The summed E-state index contributed by atoms with van der Waals surface area (Å²) in [7, 11) is 1.25. The first-order chi connectivity index (χ1) is 14.0. The van der Waals surface area contributed by atoms with Gasteiger partial charge in [0, 0.05) is 23.7 Å². The second-order valence-electron chi connectivity index (χ2n) is 6.15. The molecular formula is C19H21ClN4O5. The number of nitrogens with one attached hydrogen (secondary N) is 3. The lowest BCUT2D eigenvalue weighted by Gasteiger charge is -2.16.